The molecule has 2 heterocycles. The lowest BCUT2D eigenvalue weighted by molar-refractivity contribution is -0.0883. The van der Waals surface area contributed by atoms with Crippen molar-refractivity contribution in [3.63, 3.8) is 0 Å². The molecule has 2 unspecified atom stereocenters. The second kappa shape index (κ2) is 4.24. The quantitative estimate of drug-likeness (QED) is 0.594. The van der Waals surface area contributed by atoms with Crippen LogP contribution in [0.5, 0.6) is 0 Å². The summed E-state index contributed by atoms with van der Waals surface area (Å²) < 4.78 is 11.2. The number of hydrogen-bond donors (Lipinski definition) is 0. The summed E-state index contributed by atoms with van der Waals surface area (Å²) in [5, 5.41) is 0. The van der Waals surface area contributed by atoms with Crippen molar-refractivity contribution in [2.75, 3.05) is 13.2 Å². The van der Waals surface area contributed by atoms with Crippen molar-refractivity contribution in [3.8, 4) is 0 Å². The van der Waals surface area contributed by atoms with E-state index in [1.165, 1.54) is 12.8 Å². The van der Waals surface area contributed by atoms with Gasteiger partial charge in [0.25, 0.3) is 0 Å². The van der Waals surface area contributed by atoms with Crippen molar-refractivity contribution in [3.05, 3.63) is 6.42 Å². The second-order valence-electron chi connectivity index (χ2n) is 3.50. The molecule has 68 valence electrons. The van der Waals surface area contributed by atoms with E-state index in [1.807, 2.05) is 0 Å². The molecule has 0 saturated carbocycles. The van der Waals surface area contributed by atoms with Crippen LogP contribution in [-0.2, 0) is 9.47 Å². The predicted molar refractivity (Wildman–Crippen MR) is 45.8 cm³/mol. The molecule has 0 aromatic rings. The van der Waals surface area contributed by atoms with Gasteiger partial charge in [-0.05, 0) is 32.1 Å². The normalized spacial score (nSPS) is 38.0. The fourth-order valence-corrected chi connectivity index (χ4v) is 1.83. The largest absolute Gasteiger partial charge is 0.375 e. The molecule has 2 rings (SSSR count). The van der Waals surface area contributed by atoms with Crippen LogP contribution in [0.2, 0.25) is 0 Å². The molecular formula is C10H16O2. The van der Waals surface area contributed by atoms with Crippen molar-refractivity contribution in [2.24, 2.45) is 0 Å². The third-order valence-electron chi connectivity index (χ3n) is 2.52. The van der Waals surface area contributed by atoms with E-state index in [2.05, 4.69) is 6.42 Å². The lowest BCUT2D eigenvalue weighted by Crippen LogP contribution is -2.36. The van der Waals surface area contributed by atoms with Crippen LogP contribution < -0.4 is 0 Å². The third kappa shape index (κ3) is 1.99. The van der Waals surface area contributed by atoms with Gasteiger partial charge in [-0.2, -0.15) is 0 Å². The van der Waals surface area contributed by atoms with E-state index in [0.29, 0.717) is 6.10 Å². The first kappa shape index (κ1) is 8.52. The molecule has 0 bridgehead atoms. The van der Waals surface area contributed by atoms with Crippen molar-refractivity contribution in [1.82, 2.24) is 0 Å². The van der Waals surface area contributed by atoms with Gasteiger partial charge in [0.1, 0.15) is 0 Å². The SMILES string of the molecule is [C]1CCCOC1C1CCCCO1. The highest BCUT2D eigenvalue weighted by Crippen LogP contribution is 2.23. The molecule has 0 aromatic heterocycles. The Hall–Kier alpha value is -0.0800. The minimum Gasteiger partial charge on any atom is -0.375 e. The van der Waals surface area contributed by atoms with Gasteiger partial charge in [-0.25, -0.2) is 0 Å². The number of hydrogen-bond acceptors (Lipinski definition) is 2. The summed E-state index contributed by atoms with van der Waals surface area (Å²) in [6.07, 6.45) is 9.66. The van der Waals surface area contributed by atoms with Crippen LogP contribution in [0.15, 0.2) is 0 Å². The Kier molecular flexibility index (Phi) is 3.01. The maximum atomic E-state index is 5.63. The fourth-order valence-electron chi connectivity index (χ4n) is 1.83. The van der Waals surface area contributed by atoms with Gasteiger partial charge in [0.15, 0.2) is 0 Å². The Labute approximate surface area is 74.2 Å². The molecule has 2 fully saturated rings. The van der Waals surface area contributed by atoms with Crippen LogP contribution in [0.25, 0.3) is 0 Å². The predicted octanol–water partition coefficient (Wildman–Crippen LogP) is 1.82. The molecule has 2 heteroatoms. The van der Waals surface area contributed by atoms with Crippen LogP contribution in [-0.4, -0.2) is 25.4 Å². The highest BCUT2D eigenvalue weighted by molar-refractivity contribution is 4.88. The summed E-state index contributed by atoms with van der Waals surface area (Å²) in [5.74, 6) is 0. The van der Waals surface area contributed by atoms with Gasteiger partial charge < -0.3 is 9.47 Å². The Morgan fingerprint density at radius 1 is 1.00 bits per heavy atom. The summed E-state index contributed by atoms with van der Waals surface area (Å²) in [4.78, 5) is 0. The molecular weight excluding hydrogens is 152 g/mol. The van der Waals surface area contributed by atoms with Crippen molar-refractivity contribution in [2.45, 2.75) is 44.3 Å². The first-order valence-corrected chi connectivity index (χ1v) is 4.93. The zero-order valence-electron chi connectivity index (χ0n) is 7.42. The van der Waals surface area contributed by atoms with Gasteiger partial charge in [0, 0.05) is 19.6 Å². The minimum atomic E-state index is 0.166. The lowest BCUT2D eigenvalue weighted by atomic mass is 9.98. The van der Waals surface area contributed by atoms with Crippen molar-refractivity contribution < 1.29 is 9.47 Å². The highest BCUT2D eigenvalue weighted by Gasteiger charge is 2.27. The Morgan fingerprint density at radius 3 is 2.58 bits per heavy atom. The molecule has 0 aromatic carbocycles. The van der Waals surface area contributed by atoms with Crippen LogP contribution >= 0.6 is 0 Å². The first-order chi connectivity index (χ1) is 5.97. The Balaban J connectivity index is 1.80. The monoisotopic (exact) mass is 168 g/mol. The van der Waals surface area contributed by atoms with Crippen LogP contribution in [0.3, 0.4) is 0 Å². The van der Waals surface area contributed by atoms with Crippen LogP contribution in [0.4, 0.5) is 0 Å². The molecule has 2 nitrogen and oxygen atoms in total. The van der Waals surface area contributed by atoms with E-state index in [-0.39, 0.29) is 6.10 Å². The van der Waals surface area contributed by atoms with E-state index in [9.17, 15) is 0 Å². The van der Waals surface area contributed by atoms with Gasteiger partial charge in [-0.1, -0.05) is 0 Å². The molecule has 2 saturated heterocycles. The van der Waals surface area contributed by atoms with E-state index in [1.54, 1.807) is 0 Å². The van der Waals surface area contributed by atoms with E-state index < -0.39 is 0 Å². The van der Waals surface area contributed by atoms with Crippen molar-refractivity contribution in [1.29, 1.82) is 0 Å². The first-order valence-electron chi connectivity index (χ1n) is 4.93. The van der Waals surface area contributed by atoms with Gasteiger partial charge in [-0.3, -0.25) is 0 Å². The van der Waals surface area contributed by atoms with Gasteiger partial charge >= 0.3 is 0 Å². The van der Waals surface area contributed by atoms with E-state index >= 15 is 0 Å². The van der Waals surface area contributed by atoms with Crippen LogP contribution in [0, 0.1) is 6.42 Å². The van der Waals surface area contributed by atoms with Gasteiger partial charge in [0.2, 0.25) is 0 Å². The topological polar surface area (TPSA) is 18.5 Å². The Morgan fingerprint density at radius 2 is 1.92 bits per heavy atom. The summed E-state index contributed by atoms with van der Waals surface area (Å²) in [7, 11) is 0. The Bertz CT molecular complexity index is 108. The maximum Gasteiger partial charge on any atom is 0.0905 e. The highest BCUT2D eigenvalue weighted by atomic mass is 16.5. The minimum absolute atomic E-state index is 0.166. The van der Waals surface area contributed by atoms with Gasteiger partial charge in [0.05, 0.1) is 12.2 Å². The average molecular weight is 168 g/mol. The molecule has 0 aliphatic carbocycles. The molecule has 0 amide bonds. The fraction of sp³-hybridized carbons (Fsp3) is 0.900. The summed E-state index contributed by atoms with van der Waals surface area (Å²) in [6.45, 7) is 1.80. The summed E-state index contributed by atoms with van der Waals surface area (Å²) in [5.41, 5.74) is 0. The van der Waals surface area contributed by atoms with Crippen molar-refractivity contribution >= 4 is 0 Å². The van der Waals surface area contributed by atoms with Crippen LogP contribution in [0.1, 0.15) is 32.1 Å². The van der Waals surface area contributed by atoms with E-state index in [4.69, 9.17) is 9.47 Å². The second-order valence-corrected chi connectivity index (χ2v) is 3.50. The standard InChI is InChI=1S/C10H16O2/c1-3-7-11-9(5-1)10-6-2-4-8-12-10/h9-10H,1-5,7-8H2. The molecule has 12 heavy (non-hydrogen) atoms. The average Bonchev–Trinajstić information content (AvgIpc) is 2.21. The molecule has 2 aliphatic rings. The molecule has 2 atom stereocenters. The summed E-state index contributed by atoms with van der Waals surface area (Å²) in [6, 6.07) is 0. The molecule has 2 radical (unpaired) electrons. The maximum absolute atomic E-state index is 5.63. The smallest absolute Gasteiger partial charge is 0.0905 e. The number of rotatable bonds is 1. The zero-order chi connectivity index (χ0) is 8.23. The lowest BCUT2D eigenvalue weighted by Gasteiger charge is -2.32. The van der Waals surface area contributed by atoms with Gasteiger partial charge in [-0.15, -0.1) is 0 Å². The van der Waals surface area contributed by atoms with E-state index in [0.717, 1.165) is 32.5 Å². The summed E-state index contributed by atoms with van der Waals surface area (Å²) >= 11 is 0. The number of ether oxygens (including phenoxy) is 2. The molecule has 0 spiro atoms. The zero-order valence-corrected chi connectivity index (χ0v) is 7.42. The molecule has 2 aliphatic heterocycles. The third-order valence-corrected chi connectivity index (χ3v) is 2.52. The molecule has 0 N–H and O–H groups in total.